The van der Waals surface area contributed by atoms with Gasteiger partial charge in [0.15, 0.2) is 4.80 Å². The van der Waals surface area contributed by atoms with Crippen LogP contribution in [0, 0.1) is 0 Å². The van der Waals surface area contributed by atoms with Gasteiger partial charge in [0.05, 0.1) is 28.9 Å². The highest BCUT2D eigenvalue weighted by molar-refractivity contribution is 7.07. The van der Waals surface area contributed by atoms with Gasteiger partial charge < -0.3 is 14.3 Å². The third-order valence-electron chi connectivity index (χ3n) is 7.62. The van der Waals surface area contributed by atoms with Gasteiger partial charge in [-0.3, -0.25) is 9.36 Å². The minimum atomic E-state index is -0.981. The lowest BCUT2D eigenvalue weighted by Crippen LogP contribution is -2.38. The minimum absolute atomic E-state index is 0.122. The summed E-state index contributed by atoms with van der Waals surface area (Å²) in [5.41, 5.74) is 6.31. The second-order valence-corrected chi connectivity index (χ2v) is 11.0. The van der Waals surface area contributed by atoms with Crippen LogP contribution in [0.2, 0.25) is 0 Å². The number of hydrogen-bond acceptors (Lipinski definition) is 6. The Morgan fingerprint density at radius 1 is 1.02 bits per heavy atom. The van der Waals surface area contributed by atoms with Crippen LogP contribution in [-0.4, -0.2) is 22.8 Å². The van der Waals surface area contributed by atoms with Crippen LogP contribution in [0.3, 0.4) is 0 Å². The Hall–Kier alpha value is -4.95. The molecule has 5 aromatic rings. The van der Waals surface area contributed by atoms with E-state index in [1.807, 2.05) is 36.4 Å². The largest absolute Gasteiger partial charge is 0.497 e. The van der Waals surface area contributed by atoms with Crippen molar-refractivity contribution in [2.24, 2.45) is 4.99 Å². The van der Waals surface area contributed by atoms with Crippen LogP contribution in [0.1, 0.15) is 45.3 Å². The summed E-state index contributed by atoms with van der Waals surface area (Å²) in [6.07, 6.45) is 3.46. The first-order valence-electron chi connectivity index (χ1n) is 13.2. The Kier molecular flexibility index (Phi) is 6.05. The highest BCUT2D eigenvalue weighted by Gasteiger charge is 2.32. The van der Waals surface area contributed by atoms with Crippen molar-refractivity contribution < 1.29 is 19.1 Å². The van der Waals surface area contributed by atoms with E-state index in [4.69, 9.17) is 19.3 Å². The maximum Gasteiger partial charge on any atom is 0.335 e. The molecule has 2 aliphatic rings. The number of nitrogens with zero attached hydrogens (tertiary/aromatic N) is 2. The van der Waals surface area contributed by atoms with Crippen LogP contribution in [0.4, 0.5) is 0 Å². The number of aromatic nitrogens is 1. The summed E-state index contributed by atoms with van der Waals surface area (Å²) >= 11 is 1.35. The number of furan rings is 1. The Labute approximate surface area is 238 Å². The second-order valence-electron chi connectivity index (χ2n) is 9.97. The molecule has 3 aromatic carbocycles. The number of hydrogen-bond donors (Lipinski definition) is 1. The Morgan fingerprint density at radius 3 is 2.56 bits per heavy atom. The van der Waals surface area contributed by atoms with Gasteiger partial charge in [-0.15, -0.1) is 0 Å². The van der Waals surface area contributed by atoms with Crippen LogP contribution in [0.25, 0.3) is 23.1 Å². The molecule has 7 rings (SSSR count). The molecule has 0 saturated carbocycles. The molecule has 7 nitrogen and oxygen atoms in total. The SMILES string of the molecule is COc1ccc(C2C3=C(N=c4s/c(=C\c5ccc(-c6ccc(C(=O)O)cc6)o5)c(=O)n42)c2ccccc2CC3)cc1. The molecule has 8 heteroatoms. The van der Waals surface area contributed by atoms with Gasteiger partial charge in [0, 0.05) is 17.2 Å². The fourth-order valence-electron chi connectivity index (χ4n) is 5.60. The number of aromatic carboxylic acids is 1. The average molecular weight is 561 g/mol. The van der Waals surface area contributed by atoms with Crippen LogP contribution in [0.15, 0.2) is 105 Å². The predicted molar refractivity (Wildman–Crippen MR) is 157 cm³/mol. The lowest BCUT2D eigenvalue weighted by molar-refractivity contribution is 0.0697. The zero-order valence-electron chi connectivity index (χ0n) is 22.0. The average Bonchev–Trinajstić information content (AvgIpc) is 3.60. The molecule has 2 aromatic heterocycles. The third-order valence-corrected chi connectivity index (χ3v) is 8.60. The van der Waals surface area contributed by atoms with Crippen molar-refractivity contribution in [1.29, 1.82) is 0 Å². The van der Waals surface area contributed by atoms with Gasteiger partial charge in [0.2, 0.25) is 0 Å². The van der Waals surface area contributed by atoms with Crippen molar-refractivity contribution in [3.05, 3.63) is 138 Å². The molecule has 1 atom stereocenters. The highest BCUT2D eigenvalue weighted by Crippen LogP contribution is 2.41. The summed E-state index contributed by atoms with van der Waals surface area (Å²) in [7, 11) is 1.64. The minimum Gasteiger partial charge on any atom is -0.497 e. The predicted octanol–water partition coefficient (Wildman–Crippen LogP) is 5.29. The lowest BCUT2D eigenvalue weighted by Gasteiger charge is -2.30. The summed E-state index contributed by atoms with van der Waals surface area (Å²) in [5, 5.41) is 9.17. The molecule has 0 radical (unpaired) electrons. The van der Waals surface area contributed by atoms with Gasteiger partial charge in [-0.05, 0) is 65.9 Å². The Bertz CT molecular complexity index is 2030. The molecule has 1 N–H and O–H groups in total. The topological polar surface area (TPSA) is 94.0 Å². The summed E-state index contributed by atoms with van der Waals surface area (Å²) < 4.78 is 13.8. The van der Waals surface area contributed by atoms with Crippen LogP contribution < -0.4 is 19.6 Å². The van der Waals surface area contributed by atoms with Gasteiger partial charge in [-0.2, -0.15) is 0 Å². The van der Waals surface area contributed by atoms with E-state index in [9.17, 15) is 9.59 Å². The summed E-state index contributed by atoms with van der Waals surface area (Å²) in [6.45, 7) is 0. The van der Waals surface area contributed by atoms with E-state index in [0.717, 1.165) is 46.6 Å². The third kappa shape index (κ3) is 4.33. The van der Waals surface area contributed by atoms with Crippen molar-refractivity contribution in [3.8, 4) is 17.1 Å². The number of thiazole rings is 1. The molecule has 1 unspecified atom stereocenters. The first kappa shape index (κ1) is 25.0. The Morgan fingerprint density at radius 2 is 1.80 bits per heavy atom. The molecule has 0 saturated heterocycles. The van der Waals surface area contributed by atoms with E-state index < -0.39 is 5.97 Å². The highest BCUT2D eigenvalue weighted by atomic mass is 32.1. The van der Waals surface area contributed by atoms with Crippen molar-refractivity contribution >= 4 is 29.1 Å². The number of carbonyl (C=O) groups is 1. The van der Waals surface area contributed by atoms with Crippen molar-refractivity contribution in [2.75, 3.05) is 7.11 Å². The normalized spacial score (nSPS) is 16.0. The number of fused-ring (bicyclic) bond motifs is 3. The number of aryl methyl sites for hydroxylation is 1. The molecule has 0 bridgehead atoms. The van der Waals surface area contributed by atoms with Crippen LogP contribution >= 0.6 is 11.3 Å². The van der Waals surface area contributed by atoms with Gasteiger partial charge in [-0.25, -0.2) is 9.79 Å². The van der Waals surface area contributed by atoms with Gasteiger partial charge in [0.25, 0.3) is 5.56 Å². The van der Waals surface area contributed by atoms with E-state index in [-0.39, 0.29) is 17.2 Å². The number of ether oxygens (including phenoxy) is 1. The van der Waals surface area contributed by atoms with E-state index >= 15 is 0 Å². The number of carboxylic acids is 1. The summed E-state index contributed by atoms with van der Waals surface area (Å²) in [6, 6.07) is 26.1. The lowest BCUT2D eigenvalue weighted by atomic mass is 9.83. The molecule has 41 heavy (non-hydrogen) atoms. The van der Waals surface area contributed by atoms with Gasteiger partial charge in [-0.1, -0.05) is 59.9 Å². The molecule has 1 aliphatic carbocycles. The van der Waals surface area contributed by atoms with E-state index in [2.05, 4.69) is 18.2 Å². The van der Waals surface area contributed by atoms with E-state index in [1.165, 1.54) is 29.0 Å². The number of carboxylic acid groups (broad SMARTS) is 1. The van der Waals surface area contributed by atoms with E-state index in [0.29, 0.717) is 20.9 Å². The molecule has 202 valence electrons. The number of benzene rings is 3. The maximum absolute atomic E-state index is 14.0. The van der Waals surface area contributed by atoms with Crippen LogP contribution in [-0.2, 0) is 6.42 Å². The molecule has 0 spiro atoms. The molecule has 1 aliphatic heterocycles. The molecule has 0 amide bonds. The second kappa shape index (κ2) is 9.91. The number of rotatable bonds is 5. The van der Waals surface area contributed by atoms with Crippen molar-refractivity contribution in [1.82, 2.24) is 4.57 Å². The first-order valence-corrected chi connectivity index (χ1v) is 14.0. The quantitative estimate of drug-likeness (QED) is 0.316. The fourth-order valence-corrected chi connectivity index (χ4v) is 6.58. The standard InChI is InChI=1S/C33H24N2O5S/c1-39-23-13-10-21(11-14-23)30-26-16-12-19-4-2-3-5-25(19)29(26)34-33-35(30)31(36)28(41-33)18-24-15-17-27(40-24)20-6-8-22(9-7-20)32(37)38/h2-11,13-15,17-18,30H,12,16H2,1H3,(H,37,38)/b28-18-. The molecule has 0 fully saturated rings. The van der Waals surface area contributed by atoms with Gasteiger partial charge >= 0.3 is 5.97 Å². The van der Waals surface area contributed by atoms with Gasteiger partial charge in [0.1, 0.15) is 17.3 Å². The first-order chi connectivity index (χ1) is 20.0. The fraction of sp³-hybridized carbons (Fsp3) is 0.121. The summed E-state index contributed by atoms with van der Waals surface area (Å²) in [5.74, 6) is 0.896. The number of allylic oxidation sites excluding steroid dienone is 1. The van der Waals surface area contributed by atoms with Crippen LogP contribution in [0.5, 0.6) is 5.75 Å². The monoisotopic (exact) mass is 560 g/mol. The number of methoxy groups -OCH3 is 1. The zero-order valence-corrected chi connectivity index (χ0v) is 22.9. The molecule has 3 heterocycles. The zero-order chi connectivity index (χ0) is 28.1. The Balaban J connectivity index is 1.35. The van der Waals surface area contributed by atoms with Crippen molar-refractivity contribution in [3.63, 3.8) is 0 Å². The van der Waals surface area contributed by atoms with E-state index in [1.54, 1.807) is 36.0 Å². The summed E-state index contributed by atoms with van der Waals surface area (Å²) in [4.78, 5) is 30.8. The van der Waals surface area contributed by atoms with Crippen molar-refractivity contribution in [2.45, 2.75) is 18.9 Å². The smallest absolute Gasteiger partial charge is 0.335 e. The maximum atomic E-state index is 14.0. The molecular formula is C33H24N2O5S. The molecular weight excluding hydrogens is 536 g/mol.